The maximum Gasteiger partial charge on any atom is 0.249 e. The van der Waals surface area contributed by atoms with Gasteiger partial charge >= 0.3 is 0 Å². The van der Waals surface area contributed by atoms with E-state index in [0.29, 0.717) is 12.5 Å². The van der Waals surface area contributed by atoms with Gasteiger partial charge in [-0.3, -0.25) is 9.59 Å². The number of nitrogens with zero attached hydrogens (tertiary/aromatic N) is 1. The van der Waals surface area contributed by atoms with Gasteiger partial charge in [0, 0.05) is 6.54 Å². The van der Waals surface area contributed by atoms with Gasteiger partial charge in [0.05, 0.1) is 0 Å². The Hall–Kier alpha value is -1.06. The molecule has 2 amide bonds. The summed E-state index contributed by atoms with van der Waals surface area (Å²) in [5, 5.41) is 2.99. The summed E-state index contributed by atoms with van der Waals surface area (Å²) in [6.45, 7) is 8.62. The van der Waals surface area contributed by atoms with Crippen LogP contribution in [0.3, 0.4) is 0 Å². The van der Waals surface area contributed by atoms with Crippen molar-refractivity contribution in [3.63, 3.8) is 0 Å². The Morgan fingerprint density at radius 3 is 2.44 bits per heavy atom. The first-order valence-electron chi connectivity index (χ1n) is 7.05. The molecule has 0 aromatic carbocycles. The summed E-state index contributed by atoms with van der Waals surface area (Å²) in [5.74, 6) is 0.628. The summed E-state index contributed by atoms with van der Waals surface area (Å²) in [6, 6.07) is -0.302. The second kappa shape index (κ2) is 4.56. The first-order chi connectivity index (χ1) is 8.41. The highest BCUT2D eigenvalue weighted by Crippen LogP contribution is 2.42. The van der Waals surface area contributed by atoms with E-state index in [1.165, 1.54) is 0 Å². The second-order valence-electron chi connectivity index (χ2n) is 6.15. The van der Waals surface area contributed by atoms with Crippen LogP contribution in [-0.4, -0.2) is 34.8 Å². The van der Waals surface area contributed by atoms with Crippen molar-refractivity contribution >= 4 is 11.8 Å². The van der Waals surface area contributed by atoms with Gasteiger partial charge in [0.1, 0.15) is 11.6 Å². The molecule has 1 N–H and O–H groups in total. The number of carbonyl (C=O) groups excluding carboxylic acids is 2. The number of carbonyl (C=O) groups is 2. The normalized spacial score (nSPS) is 32.9. The van der Waals surface area contributed by atoms with Gasteiger partial charge < -0.3 is 10.2 Å². The first-order valence-corrected chi connectivity index (χ1v) is 7.05. The molecule has 0 aromatic rings. The van der Waals surface area contributed by atoms with E-state index in [-0.39, 0.29) is 23.8 Å². The third-order valence-corrected chi connectivity index (χ3v) is 4.18. The molecule has 102 valence electrons. The van der Waals surface area contributed by atoms with Crippen LogP contribution < -0.4 is 5.32 Å². The zero-order chi connectivity index (χ0) is 13.5. The van der Waals surface area contributed by atoms with Crippen molar-refractivity contribution in [1.29, 1.82) is 0 Å². The van der Waals surface area contributed by atoms with Crippen molar-refractivity contribution < 1.29 is 9.59 Å². The monoisotopic (exact) mass is 252 g/mol. The third kappa shape index (κ3) is 2.02. The summed E-state index contributed by atoms with van der Waals surface area (Å²) in [4.78, 5) is 26.8. The van der Waals surface area contributed by atoms with Crippen molar-refractivity contribution in [2.75, 3.05) is 6.54 Å². The van der Waals surface area contributed by atoms with E-state index in [1.807, 2.05) is 32.6 Å². The lowest BCUT2D eigenvalue weighted by Crippen LogP contribution is -2.71. The Labute approximate surface area is 109 Å². The molecule has 4 nitrogen and oxygen atoms in total. The molecule has 0 spiro atoms. The SMILES string of the molecule is CCCN1C(=O)C(C)(C2CC2)NC(=O)C1C(C)C. The van der Waals surface area contributed by atoms with E-state index >= 15 is 0 Å². The predicted octanol–water partition coefficient (Wildman–Crippen LogP) is 1.55. The zero-order valence-electron chi connectivity index (χ0n) is 11.8. The number of nitrogens with one attached hydrogen (secondary N) is 1. The topological polar surface area (TPSA) is 49.4 Å². The molecule has 0 aromatic heterocycles. The molecule has 0 bridgehead atoms. The van der Waals surface area contributed by atoms with E-state index in [1.54, 1.807) is 0 Å². The standard InChI is InChI=1S/C14H24N2O2/c1-5-8-16-11(9(2)3)12(17)15-14(4,13(16)18)10-6-7-10/h9-11H,5-8H2,1-4H3,(H,15,17). The predicted molar refractivity (Wildman–Crippen MR) is 69.9 cm³/mol. The fourth-order valence-electron chi connectivity index (χ4n) is 3.03. The molecule has 1 heterocycles. The maximum absolute atomic E-state index is 12.7. The van der Waals surface area contributed by atoms with E-state index in [0.717, 1.165) is 19.3 Å². The fourth-order valence-corrected chi connectivity index (χ4v) is 3.03. The molecule has 2 aliphatic rings. The van der Waals surface area contributed by atoms with Gasteiger partial charge in [-0.15, -0.1) is 0 Å². The summed E-state index contributed by atoms with van der Waals surface area (Å²) in [6.07, 6.45) is 2.99. The molecule has 4 heteroatoms. The van der Waals surface area contributed by atoms with Crippen molar-refractivity contribution in [2.24, 2.45) is 11.8 Å². The number of amides is 2. The van der Waals surface area contributed by atoms with Crippen LogP contribution in [0.5, 0.6) is 0 Å². The summed E-state index contributed by atoms with van der Waals surface area (Å²) < 4.78 is 0. The van der Waals surface area contributed by atoms with Crippen LogP contribution in [0.4, 0.5) is 0 Å². The lowest BCUT2D eigenvalue weighted by Gasteiger charge is -2.46. The molecule has 2 rings (SSSR count). The lowest BCUT2D eigenvalue weighted by molar-refractivity contribution is -0.157. The smallest absolute Gasteiger partial charge is 0.249 e. The van der Waals surface area contributed by atoms with Crippen molar-refractivity contribution in [1.82, 2.24) is 10.2 Å². The molecule has 0 radical (unpaired) electrons. The van der Waals surface area contributed by atoms with Crippen molar-refractivity contribution in [2.45, 2.75) is 58.5 Å². The molecule has 2 unspecified atom stereocenters. The second-order valence-corrected chi connectivity index (χ2v) is 6.15. The van der Waals surface area contributed by atoms with E-state index in [4.69, 9.17) is 0 Å². The molecule has 1 saturated carbocycles. The van der Waals surface area contributed by atoms with E-state index in [2.05, 4.69) is 5.32 Å². The van der Waals surface area contributed by atoms with Crippen LogP contribution in [0.15, 0.2) is 0 Å². The Morgan fingerprint density at radius 1 is 1.39 bits per heavy atom. The Bertz CT molecular complexity index is 363. The van der Waals surface area contributed by atoms with Crippen LogP contribution in [0.25, 0.3) is 0 Å². The number of rotatable bonds is 4. The Kier molecular flexibility index (Phi) is 3.39. The van der Waals surface area contributed by atoms with Crippen LogP contribution in [0.1, 0.15) is 47.0 Å². The van der Waals surface area contributed by atoms with Gasteiger partial charge in [-0.1, -0.05) is 20.8 Å². The maximum atomic E-state index is 12.7. The summed E-state index contributed by atoms with van der Waals surface area (Å²) >= 11 is 0. The molecular formula is C14H24N2O2. The Balaban J connectivity index is 2.29. The highest BCUT2D eigenvalue weighted by Gasteiger charge is 2.55. The largest absolute Gasteiger partial charge is 0.340 e. The van der Waals surface area contributed by atoms with E-state index in [9.17, 15) is 9.59 Å². The molecule has 1 aliphatic heterocycles. The van der Waals surface area contributed by atoms with Gasteiger partial charge in [-0.05, 0) is 38.0 Å². The summed E-state index contributed by atoms with van der Waals surface area (Å²) in [5.41, 5.74) is -0.655. The first kappa shape index (κ1) is 13.4. The minimum Gasteiger partial charge on any atom is -0.340 e. The van der Waals surface area contributed by atoms with Crippen LogP contribution in [-0.2, 0) is 9.59 Å². The molecule has 1 saturated heterocycles. The van der Waals surface area contributed by atoms with Crippen LogP contribution in [0.2, 0.25) is 0 Å². The van der Waals surface area contributed by atoms with Crippen molar-refractivity contribution in [3.8, 4) is 0 Å². The molecule has 2 atom stereocenters. The van der Waals surface area contributed by atoms with Gasteiger partial charge in [-0.2, -0.15) is 0 Å². The zero-order valence-corrected chi connectivity index (χ0v) is 11.8. The molecule has 18 heavy (non-hydrogen) atoms. The van der Waals surface area contributed by atoms with Gasteiger partial charge in [0.2, 0.25) is 11.8 Å². The number of hydrogen-bond donors (Lipinski definition) is 1. The summed E-state index contributed by atoms with van der Waals surface area (Å²) in [7, 11) is 0. The average molecular weight is 252 g/mol. The van der Waals surface area contributed by atoms with Gasteiger partial charge in [-0.25, -0.2) is 0 Å². The van der Waals surface area contributed by atoms with Crippen LogP contribution in [0, 0.1) is 11.8 Å². The van der Waals surface area contributed by atoms with Gasteiger partial charge in [0.15, 0.2) is 0 Å². The average Bonchev–Trinajstić information content (AvgIpc) is 3.09. The number of hydrogen-bond acceptors (Lipinski definition) is 2. The minimum atomic E-state index is -0.655. The van der Waals surface area contributed by atoms with Gasteiger partial charge in [0.25, 0.3) is 0 Å². The number of piperazine rings is 1. The quantitative estimate of drug-likeness (QED) is 0.825. The Morgan fingerprint density at radius 2 is 2.00 bits per heavy atom. The minimum absolute atomic E-state index is 0.0208. The van der Waals surface area contributed by atoms with Crippen molar-refractivity contribution in [3.05, 3.63) is 0 Å². The lowest BCUT2D eigenvalue weighted by atomic mass is 9.86. The fraction of sp³-hybridized carbons (Fsp3) is 0.857. The third-order valence-electron chi connectivity index (χ3n) is 4.18. The highest BCUT2D eigenvalue weighted by atomic mass is 16.2. The van der Waals surface area contributed by atoms with Crippen LogP contribution >= 0.6 is 0 Å². The van der Waals surface area contributed by atoms with E-state index < -0.39 is 5.54 Å². The highest BCUT2D eigenvalue weighted by molar-refractivity contribution is 6.00. The molecule has 2 fully saturated rings. The molecular weight excluding hydrogens is 228 g/mol. The molecule has 1 aliphatic carbocycles.